The van der Waals surface area contributed by atoms with Gasteiger partial charge in [-0.1, -0.05) is 30.2 Å². The number of nitrogens with one attached hydrogen (secondary N) is 2. The normalized spacial score (nSPS) is 14.7. The lowest BCUT2D eigenvalue weighted by Gasteiger charge is -2.39. The predicted octanol–water partition coefficient (Wildman–Crippen LogP) is 2.92. The maximum atomic E-state index is 12.6. The lowest BCUT2D eigenvalue weighted by molar-refractivity contribution is -0.157. The van der Waals surface area contributed by atoms with E-state index in [2.05, 4.69) is 10.6 Å². The summed E-state index contributed by atoms with van der Waals surface area (Å²) in [5, 5.41) is 5.16. The minimum atomic E-state index is -0.744. The second-order valence-corrected chi connectivity index (χ2v) is 6.77. The molecule has 3 amide bonds. The largest absolute Gasteiger partial charge is 0.467 e. The van der Waals surface area contributed by atoms with Gasteiger partial charge in [0.2, 0.25) is 0 Å². The summed E-state index contributed by atoms with van der Waals surface area (Å²) in [6.07, 6.45) is 3.69. The van der Waals surface area contributed by atoms with Crippen LogP contribution < -0.4 is 10.6 Å². The quantitative estimate of drug-likeness (QED) is 0.739. The lowest BCUT2D eigenvalue weighted by atomic mass is 9.64. The molecule has 27 heavy (non-hydrogen) atoms. The highest BCUT2D eigenvalue weighted by Gasteiger charge is 2.47. The number of hydrogen-bond donors (Lipinski definition) is 2. The van der Waals surface area contributed by atoms with Crippen molar-refractivity contribution >= 4 is 29.5 Å². The van der Waals surface area contributed by atoms with E-state index < -0.39 is 29.9 Å². The SMILES string of the molecule is O=C(COC(=O)C1(c2ccc(Cl)cc2)CCC1)NC(=O)NCc1ccco1. The molecule has 1 fully saturated rings. The standard InChI is InChI=1S/C19H19ClN2O5/c20-14-6-4-13(5-7-14)19(8-2-9-19)17(24)27-12-16(23)22-18(25)21-11-15-3-1-10-26-15/h1,3-7,10H,2,8-9,11-12H2,(H2,21,22,23,25). The van der Waals surface area contributed by atoms with Crippen molar-refractivity contribution in [1.82, 2.24) is 10.6 Å². The molecule has 1 aromatic heterocycles. The van der Waals surface area contributed by atoms with Crippen molar-refractivity contribution in [3.8, 4) is 0 Å². The minimum absolute atomic E-state index is 0.144. The Labute approximate surface area is 161 Å². The van der Waals surface area contributed by atoms with Gasteiger partial charge in [-0.05, 0) is 42.7 Å². The van der Waals surface area contributed by atoms with Crippen LogP contribution in [0.1, 0.15) is 30.6 Å². The second kappa shape index (κ2) is 8.26. The van der Waals surface area contributed by atoms with Gasteiger partial charge in [0.1, 0.15) is 5.76 Å². The first-order valence-corrected chi connectivity index (χ1v) is 8.91. The summed E-state index contributed by atoms with van der Waals surface area (Å²) in [5.41, 5.74) is 0.0756. The molecule has 1 heterocycles. The third-order valence-corrected chi connectivity index (χ3v) is 4.84. The number of rotatable bonds is 6. The van der Waals surface area contributed by atoms with E-state index in [1.165, 1.54) is 6.26 Å². The van der Waals surface area contributed by atoms with Gasteiger partial charge in [0.15, 0.2) is 6.61 Å². The van der Waals surface area contributed by atoms with E-state index in [9.17, 15) is 14.4 Å². The molecule has 2 N–H and O–H groups in total. The van der Waals surface area contributed by atoms with Gasteiger partial charge >= 0.3 is 12.0 Å². The van der Waals surface area contributed by atoms with E-state index in [0.717, 1.165) is 12.0 Å². The Morgan fingerprint density at radius 3 is 2.48 bits per heavy atom. The van der Waals surface area contributed by atoms with E-state index in [4.69, 9.17) is 20.8 Å². The highest BCUT2D eigenvalue weighted by atomic mass is 35.5. The summed E-state index contributed by atoms with van der Waals surface area (Å²) in [7, 11) is 0. The fourth-order valence-electron chi connectivity index (χ4n) is 2.97. The molecule has 0 saturated heterocycles. The first-order valence-electron chi connectivity index (χ1n) is 8.53. The topological polar surface area (TPSA) is 97.6 Å². The number of urea groups is 1. The van der Waals surface area contributed by atoms with E-state index in [0.29, 0.717) is 23.6 Å². The molecule has 3 rings (SSSR count). The van der Waals surface area contributed by atoms with Crippen molar-refractivity contribution < 1.29 is 23.5 Å². The lowest BCUT2D eigenvalue weighted by Crippen LogP contribution is -2.46. The average Bonchev–Trinajstić information content (AvgIpc) is 3.12. The molecular formula is C19H19ClN2O5. The molecule has 1 saturated carbocycles. The van der Waals surface area contributed by atoms with Gasteiger partial charge in [-0.3, -0.25) is 14.9 Å². The van der Waals surface area contributed by atoms with Crippen LogP contribution in [0, 0.1) is 0 Å². The number of ether oxygens (including phenoxy) is 1. The number of furan rings is 1. The van der Waals surface area contributed by atoms with Crippen LogP contribution in [0.4, 0.5) is 4.79 Å². The molecule has 8 heteroatoms. The Bertz CT molecular complexity index is 813. The molecule has 1 aromatic carbocycles. The molecule has 1 aliphatic carbocycles. The molecule has 0 spiro atoms. The molecule has 142 valence electrons. The zero-order chi connectivity index (χ0) is 19.3. The molecule has 0 bridgehead atoms. The van der Waals surface area contributed by atoms with Crippen LogP contribution in [-0.4, -0.2) is 24.5 Å². The van der Waals surface area contributed by atoms with Crippen molar-refractivity contribution in [3.05, 3.63) is 59.0 Å². The van der Waals surface area contributed by atoms with Crippen LogP contribution in [0.25, 0.3) is 0 Å². The number of esters is 1. The highest BCUT2D eigenvalue weighted by molar-refractivity contribution is 6.30. The number of amides is 3. The smallest absolute Gasteiger partial charge is 0.321 e. The van der Waals surface area contributed by atoms with Gasteiger partial charge in [0, 0.05) is 5.02 Å². The summed E-state index contributed by atoms with van der Waals surface area (Å²) in [6, 6.07) is 9.73. The summed E-state index contributed by atoms with van der Waals surface area (Å²) in [4.78, 5) is 36.1. The Kier molecular flexibility index (Phi) is 5.81. The third-order valence-electron chi connectivity index (χ3n) is 4.59. The molecule has 0 unspecified atom stereocenters. The van der Waals surface area contributed by atoms with Crippen molar-refractivity contribution in [3.63, 3.8) is 0 Å². The predicted molar refractivity (Wildman–Crippen MR) is 97.0 cm³/mol. The van der Waals surface area contributed by atoms with Crippen LogP contribution in [0.5, 0.6) is 0 Å². The molecule has 0 aliphatic heterocycles. The Morgan fingerprint density at radius 1 is 1.15 bits per heavy atom. The fraction of sp³-hybridized carbons (Fsp3) is 0.316. The van der Waals surface area contributed by atoms with Gasteiger partial charge in [0.25, 0.3) is 5.91 Å². The second-order valence-electron chi connectivity index (χ2n) is 6.33. The Hall–Kier alpha value is -2.80. The van der Waals surface area contributed by atoms with Crippen molar-refractivity contribution in [1.29, 1.82) is 0 Å². The number of halogens is 1. The van der Waals surface area contributed by atoms with E-state index in [1.807, 2.05) is 0 Å². The zero-order valence-corrected chi connectivity index (χ0v) is 15.3. The van der Waals surface area contributed by atoms with Crippen LogP contribution >= 0.6 is 11.6 Å². The maximum absolute atomic E-state index is 12.6. The van der Waals surface area contributed by atoms with Gasteiger partial charge in [-0.15, -0.1) is 0 Å². The molecule has 1 aliphatic rings. The third kappa shape index (κ3) is 4.49. The first-order chi connectivity index (χ1) is 13.0. The average molecular weight is 391 g/mol. The molecule has 7 nitrogen and oxygen atoms in total. The molecule has 2 aromatic rings. The molecule has 0 atom stereocenters. The van der Waals surface area contributed by atoms with Crippen molar-refractivity contribution in [2.75, 3.05) is 6.61 Å². The summed E-state index contributed by atoms with van der Waals surface area (Å²) >= 11 is 5.90. The summed E-state index contributed by atoms with van der Waals surface area (Å²) in [6.45, 7) is -0.381. The first kappa shape index (κ1) is 19.0. The van der Waals surface area contributed by atoms with Crippen molar-refractivity contribution in [2.24, 2.45) is 0 Å². The fourth-order valence-corrected chi connectivity index (χ4v) is 3.09. The van der Waals surface area contributed by atoms with Crippen molar-refractivity contribution in [2.45, 2.75) is 31.2 Å². The van der Waals surface area contributed by atoms with Crippen LogP contribution in [0.15, 0.2) is 47.1 Å². The van der Waals surface area contributed by atoms with Crippen LogP contribution in [0.3, 0.4) is 0 Å². The monoisotopic (exact) mass is 390 g/mol. The highest BCUT2D eigenvalue weighted by Crippen LogP contribution is 2.45. The summed E-state index contributed by atoms with van der Waals surface area (Å²) < 4.78 is 10.2. The van der Waals surface area contributed by atoms with E-state index >= 15 is 0 Å². The minimum Gasteiger partial charge on any atom is -0.467 e. The molecular weight excluding hydrogens is 372 g/mol. The van der Waals surface area contributed by atoms with Crippen LogP contribution in [0.2, 0.25) is 5.02 Å². The van der Waals surface area contributed by atoms with Gasteiger partial charge < -0.3 is 14.5 Å². The van der Waals surface area contributed by atoms with Gasteiger partial charge in [-0.25, -0.2) is 4.79 Å². The molecule has 0 radical (unpaired) electrons. The number of carbonyl (C=O) groups excluding carboxylic acids is 3. The number of hydrogen-bond acceptors (Lipinski definition) is 5. The van der Waals surface area contributed by atoms with E-state index in [-0.39, 0.29) is 6.54 Å². The number of carbonyl (C=O) groups is 3. The number of benzene rings is 1. The van der Waals surface area contributed by atoms with Gasteiger partial charge in [0.05, 0.1) is 18.2 Å². The summed E-state index contributed by atoms with van der Waals surface area (Å²) in [5.74, 6) is -0.619. The Morgan fingerprint density at radius 2 is 1.89 bits per heavy atom. The van der Waals surface area contributed by atoms with Crippen LogP contribution in [-0.2, 0) is 26.3 Å². The van der Waals surface area contributed by atoms with E-state index in [1.54, 1.807) is 36.4 Å². The van der Waals surface area contributed by atoms with Gasteiger partial charge in [-0.2, -0.15) is 0 Å². The zero-order valence-electron chi connectivity index (χ0n) is 14.5. The Balaban J connectivity index is 1.48. The maximum Gasteiger partial charge on any atom is 0.321 e. The number of imide groups is 1.